The van der Waals surface area contributed by atoms with Gasteiger partial charge in [-0.05, 0) is 31.2 Å². The van der Waals surface area contributed by atoms with Gasteiger partial charge in [0.05, 0.1) is 23.4 Å². The minimum Gasteiger partial charge on any atom is -0.341 e. The van der Waals surface area contributed by atoms with Crippen LogP contribution in [0.4, 0.5) is 5.82 Å². The van der Waals surface area contributed by atoms with Gasteiger partial charge in [0.25, 0.3) is 0 Å². The van der Waals surface area contributed by atoms with Crippen LogP contribution in [0.1, 0.15) is 19.5 Å². The van der Waals surface area contributed by atoms with Crippen LogP contribution in [0.5, 0.6) is 0 Å². The van der Waals surface area contributed by atoms with Crippen LogP contribution >= 0.6 is 0 Å². The van der Waals surface area contributed by atoms with Gasteiger partial charge in [-0.1, -0.05) is 24.9 Å². The van der Waals surface area contributed by atoms with Gasteiger partial charge >= 0.3 is 26.9 Å². The average molecular weight is 551 g/mol. The number of nitriles is 1. The number of nitrogens with zero attached hydrogens (tertiary/aromatic N) is 10. The fourth-order valence-electron chi connectivity index (χ4n) is 2.48. The first-order chi connectivity index (χ1) is 13.0. The minimum atomic E-state index is -0.627. The number of aromatic nitrogens is 8. The van der Waals surface area contributed by atoms with E-state index in [2.05, 4.69) is 37.6 Å². The van der Waals surface area contributed by atoms with Gasteiger partial charge in [-0.2, -0.15) is 0 Å². The van der Waals surface area contributed by atoms with E-state index in [1.807, 2.05) is 19.9 Å². The topological polar surface area (TPSA) is 99.4 Å². The molecule has 0 fully saturated rings. The van der Waals surface area contributed by atoms with Crippen LogP contribution in [-0.2, 0) is 26.7 Å². The monoisotopic (exact) mass is 551 g/mol. The molecule has 4 aromatic heterocycles. The Kier molecular flexibility index (Phi) is 5.00. The Hall–Kier alpha value is -3.49. The van der Waals surface area contributed by atoms with Crippen molar-refractivity contribution in [3.05, 3.63) is 66.2 Å². The maximum Gasteiger partial charge on any atom is 2.00 e. The summed E-state index contributed by atoms with van der Waals surface area (Å²) in [5.41, 5.74) is -0.355. The molecule has 0 aliphatic carbocycles. The van der Waals surface area contributed by atoms with E-state index in [4.69, 9.17) is 11.8 Å². The molecule has 0 spiro atoms. The molecular formula is C17H12N10Pt. The molecule has 0 saturated heterocycles. The molecule has 0 amide bonds. The summed E-state index contributed by atoms with van der Waals surface area (Å²) in [5.74, 6) is 1.34. The van der Waals surface area contributed by atoms with Gasteiger partial charge in [0.1, 0.15) is 5.66 Å². The predicted molar refractivity (Wildman–Crippen MR) is 92.1 cm³/mol. The van der Waals surface area contributed by atoms with Crippen molar-refractivity contribution in [2.75, 3.05) is 0 Å². The SMILES string of the molecule is [C-]#[N+]c1c[c-]n(-c2ccn(C(C)(C)n3ccc(-n4[c-]cc(C#N)n4)n3)n2)n1.[Pt+2]. The summed E-state index contributed by atoms with van der Waals surface area (Å²) in [7, 11) is 0. The molecule has 4 heterocycles. The molecule has 11 heteroatoms. The zero-order chi connectivity index (χ0) is 19.0. The van der Waals surface area contributed by atoms with Crippen LogP contribution < -0.4 is 0 Å². The van der Waals surface area contributed by atoms with E-state index in [1.165, 1.54) is 21.5 Å². The number of hydrogen-bond donors (Lipinski definition) is 0. The van der Waals surface area contributed by atoms with E-state index in [9.17, 15) is 0 Å². The quantitative estimate of drug-likeness (QED) is 0.360. The molecule has 0 aliphatic heterocycles. The molecule has 0 saturated carbocycles. The van der Waals surface area contributed by atoms with Gasteiger partial charge in [-0.25, -0.2) is 25.2 Å². The fraction of sp³-hybridized carbons (Fsp3) is 0.176. The molecule has 0 aliphatic rings. The van der Waals surface area contributed by atoms with Crippen molar-refractivity contribution in [2.24, 2.45) is 0 Å². The summed E-state index contributed by atoms with van der Waals surface area (Å²) in [6, 6.07) is 8.53. The standard InChI is InChI=1S/C17H12N10.Pt/c1-17(2,26-10-6-15(22-26)24-8-4-13(12-18)20-24)27-11-7-16(23-27)25-9-5-14(19-3)21-25;/h4-7,10-11H,1-2H3;/q-2;+2. The second kappa shape index (κ2) is 7.26. The van der Waals surface area contributed by atoms with Crippen LogP contribution in [0, 0.1) is 30.3 Å². The number of rotatable bonds is 4. The van der Waals surface area contributed by atoms with Crippen molar-refractivity contribution in [1.82, 2.24) is 39.1 Å². The van der Waals surface area contributed by atoms with E-state index in [0.717, 1.165) is 0 Å². The third kappa shape index (κ3) is 3.26. The molecular weight excluding hydrogens is 539 g/mol. The van der Waals surface area contributed by atoms with Crippen LogP contribution in [0.2, 0.25) is 0 Å². The Balaban J connectivity index is 0.00000225. The van der Waals surface area contributed by atoms with Crippen molar-refractivity contribution in [1.29, 1.82) is 5.26 Å². The van der Waals surface area contributed by atoms with Crippen molar-refractivity contribution >= 4 is 5.82 Å². The Bertz CT molecular complexity index is 1100. The molecule has 0 bridgehead atoms. The van der Waals surface area contributed by atoms with Gasteiger partial charge in [0.2, 0.25) is 0 Å². The summed E-state index contributed by atoms with van der Waals surface area (Å²) in [6.45, 7) is 10.9. The Labute approximate surface area is 174 Å². The van der Waals surface area contributed by atoms with Crippen molar-refractivity contribution in [3.8, 4) is 17.7 Å². The molecule has 0 aromatic carbocycles. The first-order valence-electron chi connectivity index (χ1n) is 7.87. The zero-order valence-electron chi connectivity index (χ0n) is 14.8. The van der Waals surface area contributed by atoms with Crippen LogP contribution in [0.3, 0.4) is 0 Å². The minimum absolute atomic E-state index is 0. The van der Waals surface area contributed by atoms with Gasteiger partial charge in [-0.15, -0.1) is 6.07 Å². The fourth-order valence-corrected chi connectivity index (χ4v) is 2.48. The number of hydrogen-bond acceptors (Lipinski definition) is 5. The first kappa shape index (κ1) is 19.3. The molecule has 28 heavy (non-hydrogen) atoms. The molecule has 140 valence electrons. The largest absolute Gasteiger partial charge is 2.00 e. The van der Waals surface area contributed by atoms with E-state index in [0.29, 0.717) is 11.6 Å². The third-order valence-electron chi connectivity index (χ3n) is 3.98. The Morgan fingerprint density at radius 3 is 2.07 bits per heavy atom. The van der Waals surface area contributed by atoms with Gasteiger partial charge in [0.15, 0.2) is 0 Å². The van der Waals surface area contributed by atoms with E-state index in [1.54, 1.807) is 33.9 Å². The van der Waals surface area contributed by atoms with Crippen LogP contribution in [0.15, 0.2) is 36.7 Å². The third-order valence-corrected chi connectivity index (χ3v) is 3.98. The first-order valence-corrected chi connectivity index (χ1v) is 7.87. The summed E-state index contributed by atoms with van der Waals surface area (Å²) in [6.07, 6.45) is 9.32. The van der Waals surface area contributed by atoms with E-state index in [-0.39, 0.29) is 32.6 Å². The molecule has 0 atom stereocenters. The van der Waals surface area contributed by atoms with Crippen LogP contribution in [0.25, 0.3) is 16.5 Å². The van der Waals surface area contributed by atoms with Crippen molar-refractivity contribution in [2.45, 2.75) is 19.5 Å². The summed E-state index contributed by atoms with van der Waals surface area (Å²) in [4.78, 5) is 3.27. The molecule has 0 N–H and O–H groups in total. The van der Waals surface area contributed by atoms with Gasteiger partial charge < -0.3 is 9.53 Å². The maximum atomic E-state index is 8.89. The maximum absolute atomic E-state index is 8.89. The smallest absolute Gasteiger partial charge is 0.341 e. The summed E-state index contributed by atoms with van der Waals surface area (Å²) >= 11 is 0. The van der Waals surface area contributed by atoms with Crippen molar-refractivity contribution in [3.63, 3.8) is 0 Å². The molecule has 10 nitrogen and oxygen atoms in total. The second-order valence-electron chi connectivity index (χ2n) is 6.07. The summed E-state index contributed by atoms with van der Waals surface area (Å²) < 4.78 is 6.32. The summed E-state index contributed by atoms with van der Waals surface area (Å²) in [5, 5.41) is 26.1. The zero-order valence-corrected chi connectivity index (χ0v) is 17.0. The van der Waals surface area contributed by atoms with Gasteiger partial charge in [0, 0.05) is 12.4 Å². The van der Waals surface area contributed by atoms with Crippen molar-refractivity contribution < 1.29 is 21.1 Å². The average Bonchev–Trinajstić information content (AvgIpc) is 3.47. The molecule has 0 unspecified atom stereocenters. The Morgan fingerprint density at radius 2 is 1.57 bits per heavy atom. The molecule has 4 rings (SSSR count). The Morgan fingerprint density at radius 1 is 1.00 bits per heavy atom. The van der Waals surface area contributed by atoms with E-state index >= 15 is 0 Å². The second-order valence-corrected chi connectivity index (χ2v) is 6.07. The molecule has 0 radical (unpaired) electrons. The van der Waals surface area contributed by atoms with Crippen LogP contribution in [-0.4, -0.2) is 39.1 Å². The predicted octanol–water partition coefficient (Wildman–Crippen LogP) is 1.71. The van der Waals surface area contributed by atoms with Gasteiger partial charge in [-0.3, -0.25) is 9.36 Å². The van der Waals surface area contributed by atoms with E-state index < -0.39 is 5.66 Å². The normalized spacial score (nSPS) is 10.9. The molecule has 4 aromatic rings.